The smallest absolute Gasteiger partial charge is 0.412 e. The summed E-state index contributed by atoms with van der Waals surface area (Å²) in [6, 6.07) is 5.25. The van der Waals surface area contributed by atoms with Crippen molar-refractivity contribution in [3.8, 4) is 11.5 Å². The van der Waals surface area contributed by atoms with Crippen LogP contribution in [0.2, 0.25) is 0 Å². The van der Waals surface area contributed by atoms with Crippen LogP contribution in [0.5, 0.6) is 11.5 Å². The number of hydrogen-bond acceptors (Lipinski definition) is 5. The fourth-order valence-corrected chi connectivity index (χ4v) is 2.24. The molecule has 136 valence electrons. The van der Waals surface area contributed by atoms with E-state index in [0.717, 1.165) is 12.1 Å². The van der Waals surface area contributed by atoms with Crippen molar-refractivity contribution in [3.05, 3.63) is 46.8 Å². The number of nitrogens with one attached hydrogen (secondary N) is 3. The van der Waals surface area contributed by atoms with Crippen molar-refractivity contribution in [1.29, 1.82) is 0 Å². The molecule has 3 N–H and O–H groups in total. The Kier molecular flexibility index (Phi) is 4.37. The van der Waals surface area contributed by atoms with Crippen LogP contribution in [0.3, 0.4) is 0 Å². The first-order valence-electron chi connectivity index (χ1n) is 7.75. The molecule has 0 radical (unpaired) electrons. The van der Waals surface area contributed by atoms with E-state index in [2.05, 4.69) is 20.3 Å². The van der Waals surface area contributed by atoms with Gasteiger partial charge in [0.05, 0.1) is 5.69 Å². The lowest BCUT2D eigenvalue weighted by Crippen LogP contribution is -2.27. The third-order valence-corrected chi connectivity index (χ3v) is 3.13. The Morgan fingerprint density at radius 2 is 2.00 bits per heavy atom. The van der Waals surface area contributed by atoms with Gasteiger partial charge in [-0.1, -0.05) is 0 Å². The first-order valence-corrected chi connectivity index (χ1v) is 7.75. The number of rotatable bonds is 3. The second-order valence-electron chi connectivity index (χ2n) is 6.52. The van der Waals surface area contributed by atoms with Gasteiger partial charge in [0, 0.05) is 24.4 Å². The Balaban J connectivity index is 1.85. The highest BCUT2D eigenvalue weighted by atomic mass is 19.1. The van der Waals surface area contributed by atoms with Gasteiger partial charge in [0.25, 0.3) is 0 Å². The topological polar surface area (TPSA) is 109 Å². The predicted octanol–water partition coefficient (Wildman–Crippen LogP) is 3.53. The standard InChI is InChI=1S/C17H17FN4O4/c1-17(2,3)26-16(24)20-10-6-9(18)7-11(8-10)25-12-4-5-19-14-13(12)21-15(23)22-14/h4-8H,1-3H3,(H,20,24)(H2,19,21,22,23). The molecule has 2 heterocycles. The molecular weight excluding hydrogens is 343 g/mol. The summed E-state index contributed by atoms with van der Waals surface area (Å²) in [5, 5.41) is 2.45. The number of carbonyl (C=O) groups is 1. The first-order chi connectivity index (χ1) is 12.2. The van der Waals surface area contributed by atoms with Crippen molar-refractivity contribution >= 4 is 22.9 Å². The average Bonchev–Trinajstić information content (AvgIpc) is 2.85. The number of amides is 1. The SMILES string of the molecule is CC(C)(C)OC(=O)Nc1cc(F)cc(Oc2ccnc3[nH]c(=O)[nH]c23)c1. The highest BCUT2D eigenvalue weighted by molar-refractivity contribution is 5.85. The summed E-state index contributed by atoms with van der Waals surface area (Å²) in [5.41, 5.74) is -0.281. The Morgan fingerprint density at radius 3 is 2.73 bits per heavy atom. The average molecular weight is 360 g/mol. The summed E-state index contributed by atoms with van der Waals surface area (Å²) in [6.07, 6.45) is 0.732. The second kappa shape index (κ2) is 6.51. The lowest BCUT2D eigenvalue weighted by molar-refractivity contribution is 0.0636. The van der Waals surface area contributed by atoms with Crippen molar-refractivity contribution in [1.82, 2.24) is 15.0 Å². The predicted molar refractivity (Wildman–Crippen MR) is 93.0 cm³/mol. The zero-order valence-corrected chi connectivity index (χ0v) is 14.3. The Hall–Kier alpha value is -3.36. The maximum Gasteiger partial charge on any atom is 0.412 e. The zero-order valence-electron chi connectivity index (χ0n) is 14.3. The summed E-state index contributed by atoms with van der Waals surface area (Å²) in [5.74, 6) is -0.200. The maximum atomic E-state index is 13.9. The van der Waals surface area contributed by atoms with Gasteiger partial charge in [0.1, 0.15) is 22.7 Å². The van der Waals surface area contributed by atoms with E-state index in [4.69, 9.17) is 9.47 Å². The quantitative estimate of drug-likeness (QED) is 0.662. The van der Waals surface area contributed by atoms with Gasteiger partial charge >= 0.3 is 11.8 Å². The van der Waals surface area contributed by atoms with E-state index < -0.39 is 23.2 Å². The van der Waals surface area contributed by atoms with E-state index in [1.54, 1.807) is 20.8 Å². The van der Waals surface area contributed by atoms with Crippen molar-refractivity contribution in [2.45, 2.75) is 26.4 Å². The van der Waals surface area contributed by atoms with Gasteiger partial charge in [-0.2, -0.15) is 0 Å². The summed E-state index contributed by atoms with van der Waals surface area (Å²) < 4.78 is 24.7. The van der Waals surface area contributed by atoms with E-state index in [1.165, 1.54) is 18.3 Å². The largest absolute Gasteiger partial charge is 0.455 e. The van der Waals surface area contributed by atoms with Crippen LogP contribution in [0, 0.1) is 5.82 Å². The zero-order chi connectivity index (χ0) is 18.9. The molecule has 1 aromatic carbocycles. The van der Waals surface area contributed by atoms with Crippen molar-refractivity contribution in [2.75, 3.05) is 5.32 Å². The first kappa shape index (κ1) is 17.5. The minimum atomic E-state index is -0.713. The number of H-pyrrole nitrogens is 2. The van der Waals surface area contributed by atoms with E-state index in [1.807, 2.05) is 0 Å². The number of benzene rings is 1. The minimum absolute atomic E-state index is 0.130. The molecule has 0 saturated carbocycles. The van der Waals surface area contributed by atoms with Crippen LogP contribution in [0.15, 0.2) is 35.3 Å². The summed E-state index contributed by atoms with van der Waals surface area (Å²) in [4.78, 5) is 32.3. The molecule has 0 aliphatic rings. The second-order valence-corrected chi connectivity index (χ2v) is 6.52. The van der Waals surface area contributed by atoms with Crippen molar-refractivity contribution in [3.63, 3.8) is 0 Å². The van der Waals surface area contributed by atoms with Crippen LogP contribution in [0.4, 0.5) is 14.9 Å². The van der Waals surface area contributed by atoms with Gasteiger partial charge < -0.3 is 14.5 Å². The molecule has 0 unspecified atom stereocenters. The molecule has 8 nitrogen and oxygen atoms in total. The number of carbonyl (C=O) groups excluding carboxylic acids is 1. The fraction of sp³-hybridized carbons (Fsp3) is 0.235. The van der Waals surface area contributed by atoms with E-state index >= 15 is 0 Å². The number of nitrogens with zero attached hydrogens (tertiary/aromatic N) is 1. The number of aromatic nitrogens is 3. The van der Waals surface area contributed by atoms with Gasteiger partial charge in [0.15, 0.2) is 11.4 Å². The van der Waals surface area contributed by atoms with Crippen LogP contribution in [-0.2, 0) is 4.74 Å². The molecule has 26 heavy (non-hydrogen) atoms. The molecular formula is C17H17FN4O4. The van der Waals surface area contributed by atoms with Gasteiger partial charge in [-0.05, 0) is 26.8 Å². The van der Waals surface area contributed by atoms with Crippen LogP contribution < -0.4 is 15.7 Å². The molecule has 0 saturated heterocycles. The van der Waals surface area contributed by atoms with E-state index in [9.17, 15) is 14.0 Å². The molecule has 0 bridgehead atoms. The molecule has 0 spiro atoms. The molecule has 3 rings (SSSR count). The fourth-order valence-electron chi connectivity index (χ4n) is 2.24. The normalized spacial score (nSPS) is 11.4. The third kappa shape index (κ3) is 4.18. The molecule has 0 atom stereocenters. The summed E-state index contributed by atoms with van der Waals surface area (Å²) in [6.45, 7) is 5.16. The lowest BCUT2D eigenvalue weighted by atomic mass is 10.2. The number of fused-ring (bicyclic) bond motifs is 1. The highest BCUT2D eigenvalue weighted by Crippen LogP contribution is 2.29. The van der Waals surface area contributed by atoms with Crippen LogP contribution in [0.1, 0.15) is 20.8 Å². The number of imidazole rings is 1. The number of halogens is 1. The third-order valence-electron chi connectivity index (χ3n) is 3.13. The van der Waals surface area contributed by atoms with E-state index in [0.29, 0.717) is 11.2 Å². The Labute approximate surface area is 147 Å². The van der Waals surface area contributed by atoms with Crippen LogP contribution in [-0.4, -0.2) is 26.6 Å². The summed E-state index contributed by atoms with van der Waals surface area (Å²) in [7, 11) is 0. The monoisotopic (exact) mass is 360 g/mol. The molecule has 1 amide bonds. The minimum Gasteiger partial charge on any atom is -0.455 e. The molecule has 0 aliphatic carbocycles. The number of ether oxygens (including phenoxy) is 2. The van der Waals surface area contributed by atoms with Gasteiger partial charge in [-0.25, -0.2) is 19.0 Å². The van der Waals surface area contributed by atoms with Gasteiger partial charge in [-0.15, -0.1) is 0 Å². The van der Waals surface area contributed by atoms with Crippen molar-refractivity contribution < 1.29 is 18.7 Å². The number of anilines is 1. The summed E-state index contributed by atoms with van der Waals surface area (Å²) >= 11 is 0. The number of pyridine rings is 1. The molecule has 9 heteroatoms. The Morgan fingerprint density at radius 1 is 1.23 bits per heavy atom. The van der Waals surface area contributed by atoms with Gasteiger partial charge in [-0.3, -0.25) is 10.3 Å². The van der Waals surface area contributed by atoms with Crippen LogP contribution >= 0.6 is 0 Å². The van der Waals surface area contributed by atoms with E-state index in [-0.39, 0.29) is 17.2 Å². The van der Waals surface area contributed by atoms with Gasteiger partial charge in [0.2, 0.25) is 0 Å². The van der Waals surface area contributed by atoms with Crippen LogP contribution in [0.25, 0.3) is 11.2 Å². The maximum absolute atomic E-state index is 13.9. The lowest BCUT2D eigenvalue weighted by Gasteiger charge is -2.19. The highest BCUT2D eigenvalue weighted by Gasteiger charge is 2.17. The molecule has 2 aromatic heterocycles. The number of aromatic amines is 2. The molecule has 0 fully saturated rings. The Bertz CT molecular complexity index is 1020. The number of hydrogen-bond donors (Lipinski definition) is 3. The molecule has 3 aromatic rings. The van der Waals surface area contributed by atoms with Crippen molar-refractivity contribution in [2.24, 2.45) is 0 Å². The molecule has 0 aliphatic heterocycles.